The van der Waals surface area contributed by atoms with Gasteiger partial charge in [-0.1, -0.05) is 25.3 Å². The minimum atomic E-state index is -1.20. The van der Waals surface area contributed by atoms with E-state index in [4.69, 9.17) is 18.9 Å². The molecule has 14 heteroatoms. The SMILES string of the molecule is C=CC(=O)OCCCCOc1ccc(N=Cc2ccc(NC(=O)C(=O)Nc3ccc(C=Nc4ccc(OCCCCOC(=O)C=C)cc4)cc3F)c(F)c2)cc1. The van der Waals surface area contributed by atoms with E-state index in [0.29, 0.717) is 86.1 Å². The first kappa shape index (κ1) is 41.8. The fraction of sp³-hybridized carbons (Fsp3) is 0.190. The Kier molecular flexibility index (Phi) is 16.6. The molecule has 0 spiro atoms. The molecule has 4 aromatic rings. The Hall–Kier alpha value is -6.96. The van der Waals surface area contributed by atoms with Crippen molar-refractivity contribution < 1.29 is 46.9 Å². The fourth-order valence-electron chi connectivity index (χ4n) is 4.59. The number of benzene rings is 4. The Labute approximate surface area is 322 Å². The first-order valence-corrected chi connectivity index (χ1v) is 17.5. The number of hydrogen-bond donors (Lipinski definition) is 2. The van der Waals surface area contributed by atoms with Crippen LogP contribution in [0.3, 0.4) is 0 Å². The third-order valence-electron chi connectivity index (χ3n) is 7.52. The number of nitrogens with zero attached hydrogens (tertiary/aromatic N) is 2. The third-order valence-corrected chi connectivity index (χ3v) is 7.52. The summed E-state index contributed by atoms with van der Waals surface area (Å²) in [6, 6.07) is 21.7. The number of anilines is 2. The second-order valence-electron chi connectivity index (χ2n) is 11.7. The maximum atomic E-state index is 14.8. The minimum absolute atomic E-state index is 0.252. The summed E-state index contributed by atoms with van der Waals surface area (Å²) in [6.07, 6.45) is 7.79. The summed E-state index contributed by atoms with van der Waals surface area (Å²) in [7, 11) is 0. The van der Waals surface area contributed by atoms with Crippen LogP contribution in [-0.4, -0.2) is 62.6 Å². The van der Waals surface area contributed by atoms with Crippen molar-refractivity contribution in [2.75, 3.05) is 37.1 Å². The van der Waals surface area contributed by atoms with Gasteiger partial charge in [0.15, 0.2) is 0 Å². The van der Waals surface area contributed by atoms with Crippen molar-refractivity contribution in [1.29, 1.82) is 0 Å². The van der Waals surface area contributed by atoms with Gasteiger partial charge in [0.1, 0.15) is 23.1 Å². The number of aliphatic imine (C=N–C) groups is 2. The van der Waals surface area contributed by atoms with Crippen LogP contribution < -0.4 is 20.1 Å². The first-order valence-electron chi connectivity index (χ1n) is 17.5. The molecule has 0 bridgehead atoms. The van der Waals surface area contributed by atoms with Gasteiger partial charge in [0.2, 0.25) is 0 Å². The lowest BCUT2D eigenvalue weighted by Gasteiger charge is -2.09. The monoisotopic (exact) mass is 766 g/mol. The van der Waals surface area contributed by atoms with Gasteiger partial charge in [0.25, 0.3) is 0 Å². The zero-order valence-corrected chi connectivity index (χ0v) is 30.4. The van der Waals surface area contributed by atoms with Crippen LogP contribution in [0.25, 0.3) is 0 Å². The standard InChI is InChI=1S/C42H40F2N4O8/c1-3-39(49)55-23-7-5-21-53-33-15-11-31(12-16-33)45-27-29-9-19-37(35(43)25-29)47-41(51)42(52)48-38-20-10-30(26-36(38)44)28-46-32-13-17-34(18-14-32)54-22-6-8-24-56-40(50)4-2/h3-4,9-20,25-28H,1-2,5-8,21-24H2,(H,47,51)(H,48,52). The highest BCUT2D eigenvalue weighted by Crippen LogP contribution is 2.22. The van der Waals surface area contributed by atoms with Gasteiger partial charge < -0.3 is 29.6 Å². The van der Waals surface area contributed by atoms with E-state index in [0.717, 1.165) is 24.3 Å². The predicted octanol–water partition coefficient (Wildman–Crippen LogP) is 7.82. The number of rotatable bonds is 20. The lowest BCUT2D eigenvalue weighted by atomic mass is 10.2. The molecule has 0 aliphatic carbocycles. The quantitative estimate of drug-likeness (QED) is 0.0304. The largest absolute Gasteiger partial charge is 0.494 e. The van der Waals surface area contributed by atoms with E-state index < -0.39 is 35.4 Å². The summed E-state index contributed by atoms with van der Waals surface area (Å²) in [5.41, 5.74) is 1.46. The third kappa shape index (κ3) is 14.5. The number of ether oxygens (including phenoxy) is 4. The number of nitrogens with one attached hydrogen (secondary N) is 2. The molecule has 0 aromatic heterocycles. The topological polar surface area (TPSA) is 154 Å². The minimum Gasteiger partial charge on any atom is -0.494 e. The highest BCUT2D eigenvalue weighted by molar-refractivity contribution is 6.43. The van der Waals surface area contributed by atoms with E-state index >= 15 is 0 Å². The Morgan fingerprint density at radius 1 is 0.554 bits per heavy atom. The second kappa shape index (κ2) is 22.3. The van der Waals surface area contributed by atoms with E-state index in [-0.39, 0.29) is 11.4 Å². The molecular weight excluding hydrogens is 726 g/mol. The van der Waals surface area contributed by atoms with Crippen molar-refractivity contribution in [2.45, 2.75) is 25.7 Å². The van der Waals surface area contributed by atoms with Crippen LogP contribution in [0.4, 0.5) is 31.5 Å². The molecule has 0 saturated heterocycles. The molecule has 0 heterocycles. The molecule has 0 unspecified atom stereocenters. The van der Waals surface area contributed by atoms with E-state index in [9.17, 15) is 28.0 Å². The van der Waals surface area contributed by atoms with E-state index in [2.05, 4.69) is 33.8 Å². The normalized spacial score (nSPS) is 10.8. The Balaban J connectivity index is 1.20. The summed E-state index contributed by atoms with van der Waals surface area (Å²) in [5.74, 6) is -3.67. The lowest BCUT2D eigenvalue weighted by molar-refractivity contribution is -0.138. The molecule has 56 heavy (non-hydrogen) atoms. The molecule has 0 saturated carbocycles. The molecule has 2 amide bonds. The number of amides is 2. The van der Waals surface area contributed by atoms with Gasteiger partial charge >= 0.3 is 23.8 Å². The average Bonchev–Trinajstić information content (AvgIpc) is 3.21. The maximum absolute atomic E-state index is 14.8. The zero-order valence-electron chi connectivity index (χ0n) is 30.4. The predicted molar refractivity (Wildman–Crippen MR) is 209 cm³/mol. The number of esters is 2. The molecule has 4 rings (SSSR count). The Morgan fingerprint density at radius 3 is 1.29 bits per heavy atom. The molecule has 0 aliphatic rings. The van der Waals surface area contributed by atoms with Gasteiger partial charge in [0.05, 0.1) is 49.2 Å². The van der Waals surface area contributed by atoms with Crippen molar-refractivity contribution in [1.82, 2.24) is 0 Å². The number of carbonyl (C=O) groups is 4. The average molecular weight is 767 g/mol. The Bertz CT molecular complexity index is 1900. The molecule has 0 aliphatic heterocycles. The molecule has 0 fully saturated rings. The summed E-state index contributed by atoms with van der Waals surface area (Å²) in [5, 5.41) is 4.38. The van der Waals surface area contributed by atoms with Crippen LogP contribution in [0.2, 0.25) is 0 Å². The van der Waals surface area contributed by atoms with Gasteiger partial charge in [-0.05, 0) is 110 Å². The number of carbonyl (C=O) groups excluding carboxylic acids is 4. The van der Waals surface area contributed by atoms with Crippen molar-refractivity contribution in [3.8, 4) is 11.5 Å². The van der Waals surface area contributed by atoms with Gasteiger partial charge in [-0.3, -0.25) is 19.6 Å². The number of unbranched alkanes of at least 4 members (excludes halogenated alkanes) is 2. The molecular formula is C42H40F2N4O8. The lowest BCUT2D eigenvalue weighted by Crippen LogP contribution is -2.29. The van der Waals surface area contributed by atoms with Crippen molar-refractivity contribution in [3.63, 3.8) is 0 Å². The van der Waals surface area contributed by atoms with Gasteiger partial charge in [-0.25, -0.2) is 18.4 Å². The summed E-state index contributed by atoms with van der Waals surface area (Å²) >= 11 is 0. The molecule has 0 atom stereocenters. The molecule has 12 nitrogen and oxygen atoms in total. The van der Waals surface area contributed by atoms with Crippen LogP contribution in [0.5, 0.6) is 11.5 Å². The maximum Gasteiger partial charge on any atom is 0.330 e. The van der Waals surface area contributed by atoms with Crippen LogP contribution in [0.15, 0.2) is 120 Å². The summed E-state index contributed by atoms with van der Waals surface area (Å²) < 4.78 is 50.8. The van der Waals surface area contributed by atoms with E-state index in [1.807, 2.05) is 0 Å². The smallest absolute Gasteiger partial charge is 0.330 e. The van der Waals surface area contributed by atoms with Crippen LogP contribution in [-0.2, 0) is 28.7 Å². The second-order valence-corrected chi connectivity index (χ2v) is 11.7. The van der Waals surface area contributed by atoms with Gasteiger partial charge in [-0.15, -0.1) is 0 Å². The van der Waals surface area contributed by atoms with Crippen molar-refractivity contribution >= 4 is 58.9 Å². The number of hydrogen-bond acceptors (Lipinski definition) is 10. The number of halogens is 2. The highest BCUT2D eigenvalue weighted by atomic mass is 19.1. The van der Waals surface area contributed by atoms with Crippen LogP contribution in [0, 0.1) is 11.6 Å². The van der Waals surface area contributed by atoms with E-state index in [1.165, 1.54) is 36.7 Å². The van der Waals surface area contributed by atoms with Crippen LogP contribution in [0.1, 0.15) is 36.8 Å². The van der Waals surface area contributed by atoms with Crippen LogP contribution >= 0.6 is 0 Å². The summed E-state index contributed by atoms with van der Waals surface area (Å²) in [4.78, 5) is 55.7. The fourth-order valence-corrected chi connectivity index (χ4v) is 4.59. The van der Waals surface area contributed by atoms with Gasteiger partial charge in [-0.2, -0.15) is 0 Å². The highest BCUT2D eigenvalue weighted by Gasteiger charge is 2.18. The van der Waals surface area contributed by atoms with Crippen molar-refractivity contribution in [3.05, 3.63) is 133 Å². The first-order chi connectivity index (χ1) is 27.1. The van der Waals surface area contributed by atoms with Gasteiger partial charge in [0, 0.05) is 24.6 Å². The molecule has 2 N–H and O–H groups in total. The van der Waals surface area contributed by atoms with E-state index in [1.54, 1.807) is 48.5 Å². The molecule has 290 valence electrons. The van der Waals surface area contributed by atoms with Crippen molar-refractivity contribution in [2.24, 2.45) is 9.98 Å². The summed E-state index contributed by atoms with van der Waals surface area (Å²) in [6.45, 7) is 8.14. The Morgan fingerprint density at radius 2 is 0.929 bits per heavy atom. The zero-order chi connectivity index (χ0) is 40.1. The molecule has 0 radical (unpaired) electrons. The molecule has 4 aromatic carbocycles.